The number of ether oxygens (including phenoxy) is 2. The highest BCUT2D eigenvalue weighted by Gasteiger charge is 2.08. The molecule has 0 heterocycles. The molecule has 3 heteroatoms. The summed E-state index contributed by atoms with van der Waals surface area (Å²) in [6, 6.07) is 13.2. The van der Waals surface area contributed by atoms with Gasteiger partial charge in [-0.25, -0.2) is 0 Å². The molecule has 0 radical (unpaired) electrons. The monoisotopic (exact) mass is 229 g/mol. The van der Waals surface area contributed by atoms with Gasteiger partial charge in [0.25, 0.3) is 0 Å². The normalized spacial score (nSPS) is 10.0. The van der Waals surface area contributed by atoms with E-state index in [9.17, 15) is 0 Å². The first-order chi connectivity index (χ1) is 8.20. The number of nitrogen functional groups attached to an aromatic ring is 1. The number of rotatable bonds is 3. The van der Waals surface area contributed by atoms with Gasteiger partial charge < -0.3 is 15.2 Å². The summed E-state index contributed by atoms with van der Waals surface area (Å²) in [6.45, 7) is 1.94. The van der Waals surface area contributed by atoms with Crippen LogP contribution in [-0.2, 0) is 0 Å². The van der Waals surface area contributed by atoms with Gasteiger partial charge >= 0.3 is 0 Å². The number of methoxy groups -OCH3 is 1. The van der Waals surface area contributed by atoms with E-state index < -0.39 is 0 Å². The maximum absolute atomic E-state index is 5.82. The summed E-state index contributed by atoms with van der Waals surface area (Å²) >= 11 is 0. The van der Waals surface area contributed by atoms with Crippen LogP contribution in [0.5, 0.6) is 17.2 Å². The smallest absolute Gasteiger partial charge is 0.169 e. The van der Waals surface area contributed by atoms with Gasteiger partial charge in [0, 0.05) is 11.8 Å². The van der Waals surface area contributed by atoms with Crippen LogP contribution in [0.15, 0.2) is 42.5 Å². The van der Waals surface area contributed by atoms with E-state index in [1.807, 2.05) is 43.3 Å². The lowest BCUT2D eigenvalue weighted by atomic mass is 10.2. The van der Waals surface area contributed by atoms with E-state index in [0.29, 0.717) is 17.2 Å². The Morgan fingerprint density at radius 2 is 1.71 bits per heavy atom. The summed E-state index contributed by atoms with van der Waals surface area (Å²) < 4.78 is 11.0. The number of hydrogen-bond acceptors (Lipinski definition) is 3. The number of para-hydroxylation sites is 1. The van der Waals surface area contributed by atoms with Gasteiger partial charge in [-0.15, -0.1) is 0 Å². The predicted molar refractivity (Wildman–Crippen MR) is 68.7 cm³/mol. The van der Waals surface area contributed by atoms with E-state index in [4.69, 9.17) is 15.2 Å². The van der Waals surface area contributed by atoms with Crippen molar-refractivity contribution < 1.29 is 9.47 Å². The largest absolute Gasteiger partial charge is 0.493 e. The minimum Gasteiger partial charge on any atom is -0.493 e. The van der Waals surface area contributed by atoms with E-state index in [-0.39, 0.29) is 0 Å². The molecule has 0 aliphatic carbocycles. The van der Waals surface area contributed by atoms with Crippen molar-refractivity contribution in [1.29, 1.82) is 0 Å². The molecule has 0 saturated heterocycles. The zero-order valence-electron chi connectivity index (χ0n) is 9.94. The summed E-state index contributed by atoms with van der Waals surface area (Å²) in [5, 5.41) is 0. The Hall–Kier alpha value is -2.16. The summed E-state index contributed by atoms with van der Waals surface area (Å²) in [4.78, 5) is 0. The molecule has 2 rings (SSSR count). The summed E-state index contributed by atoms with van der Waals surface area (Å²) in [5.74, 6) is 2.08. The minimum atomic E-state index is 0.636. The van der Waals surface area contributed by atoms with E-state index in [1.165, 1.54) is 0 Å². The van der Waals surface area contributed by atoms with Gasteiger partial charge in [0.15, 0.2) is 11.5 Å². The zero-order valence-corrected chi connectivity index (χ0v) is 9.94. The summed E-state index contributed by atoms with van der Waals surface area (Å²) in [5.41, 5.74) is 7.49. The molecule has 0 atom stereocenters. The highest BCUT2D eigenvalue weighted by atomic mass is 16.5. The zero-order chi connectivity index (χ0) is 12.3. The fraction of sp³-hybridized carbons (Fsp3) is 0.143. The second-order valence-corrected chi connectivity index (χ2v) is 3.77. The lowest BCUT2D eigenvalue weighted by Crippen LogP contribution is -1.95. The minimum absolute atomic E-state index is 0.636. The number of nitrogens with two attached hydrogens (primary N) is 1. The molecule has 0 amide bonds. The maximum Gasteiger partial charge on any atom is 0.169 e. The quantitative estimate of drug-likeness (QED) is 0.820. The van der Waals surface area contributed by atoms with E-state index >= 15 is 0 Å². The Morgan fingerprint density at radius 1 is 1.00 bits per heavy atom. The van der Waals surface area contributed by atoms with Crippen molar-refractivity contribution in [3.05, 3.63) is 48.0 Å². The molecule has 0 unspecified atom stereocenters. The average Bonchev–Trinajstić information content (AvgIpc) is 2.35. The van der Waals surface area contributed by atoms with Crippen LogP contribution in [0, 0.1) is 6.92 Å². The number of benzene rings is 2. The van der Waals surface area contributed by atoms with Crippen molar-refractivity contribution in [3.63, 3.8) is 0 Å². The molecule has 2 N–H and O–H groups in total. The van der Waals surface area contributed by atoms with Crippen LogP contribution < -0.4 is 15.2 Å². The molecule has 3 nitrogen and oxygen atoms in total. The molecule has 0 aromatic heterocycles. The van der Waals surface area contributed by atoms with Gasteiger partial charge in [0.1, 0.15) is 5.75 Å². The van der Waals surface area contributed by atoms with E-state index in [0.717, 1.165) is 11.3 Å². The van der Waals surface area contributed by atoms with Crippen molar-refractivity contribution in [2.24, 2.45) is 0 Å². The third-order valence-electron chi connectivity index (χ3n) is 2.52. The van der Waals surface area contributed by atoms with Crippen molar-refractivity contribution in [1.82, 2.24) is 0 Å². The molecule has 0 aliphatic heterocycles. The Bertz CT molecular complexity index is 509. The molecule has 0 spiro atoms. The molecule has 2 aromatic rings. The lowest BCUT2D eigenvalue weighted by Gasteiger charge is -2.12. The number of aryl methyl sites for hydroxylation is 1. The molecule has 2 aromatic carbocycles. The van der Waals surface area contributed by atoms with Crippen molar-refractivity contribution in [3.8, 4) is 17.2 Å². The second-order valence-electron chi connectivity index (χ2n) is 3.77. The molecule has 0 aliphatic rings. The highest BCUT2D eigenvalue weighted by Crippen LogP contribution is 2.34. The molecule has 0 saturated carbocycles. The number of hydrogen-bond donors (Lipinski definition) is 1. The third-order valence-corrected chi connectivity index (χ3v) is 2.52. The molecule has 17 heavy (non-hydrogen) atoms. The first kappa shape index (κ1) is 11.3. The van der Waals surface area contributed by atoms with E-state index in [1.54, 1.807) is 13.2 Å². The van der Waals surface area contributed by atoms with Gasteiger partial charge in [0.2, 0.25) is 0 Å². The SMILES string of the molecule is COc1cc(N)c(C)cc1Oc1ccccc1. The Balaban J connectivity index is 2.35. The molecular weight excluding hydrogens is 214 g/mol. The predicted octanol–water partition coefficient (Wildman–Crippen LogP) is 3.38. The van der Waals surface area contributed by atoms with Crippen LogP contribution in [0.1, 0.15) is 5.56 Å². The van der Waals surface area contributed by atoms with Crippen LogP contribution in [0.3, 0.4) is 0 Å². The lowest BCUT2D eigenvalue weighted by molar-refractivity contribution is 0.379. The maximum atomic E-state index is 5.82. The molecule has 0 fully saturated rings. The average molecular weight is 229 g/mol. The first-order valence-corrected chi connectivity index (χ1v) is 5.37. The highest BCUT2D eigenvalue weighted by molar-refractivity contribution is 5.58. The standard InChI is InChI=1S/C14H15NO2/c1-10-8-14(13(16-2)9-12(10)15)17-11-6-4-3-5-7-11/h3-9H,15H2,1-2H3. The number of anilines is 1. The van der Waals surface area contributed by atoms with Crippen molar-refractivity contribution >= 4 is 5.69 Å². The Labute approximate surface area is 101 Å². The van der Waals surface area contributed by atoms with Crippen molar-refractivity contribution in [2.75, 3.05) is 12.8 Å². The second kappa shape index (κ2) is 4.78. The van der Waals surface area contributed by atoms with Crippen LogP contribution in [0.4, 0.5) is 5.69 Å². The summed E-state index contributed by atoms with van der Waals surface area (Å²) in [7, 11) is 1.60. The van der Waals surface area contributed by atoms with Gasteiger partial charge in [-0.1, -0.05) is 18.2 Å². The third kappa shape index (κ3) is 2.50. The van der Waals surface area contributed by atoms with Gasteiger partial charge in [-0.2, -0.15) is 0 Å². The molecule has 88 valence electrons. The van der Waals surface area contributed by atoms with Crippen LogP contribution in [-0.4, -0.2) is 7.11 Å². The molecule has 0 bridgehead atoms. The van der Waals surface area contributed by atoms with Gasteiger partial charge in [0.05, 0.1) is 7.11 Å². The fourth-order valence-electron chi connectivity index (χ4n) is 1.53. The summed E-state index contributed by atoms with van der Waals surface area (Å²) in [6.07, 6.45) is 0. The topological polar surface area (TPSA) is 44.5 Å². The van der Waals surface area contributed by atoms with Crippen LogP contribution in [0.2, 0.25) is 0 Å². The van der Waals surface area contributed by atoms with Crippen molar-refractivity contribution in [2.45, 2.75) is 6.92 Å². The molecular formula is C14H15NO2. The van der Waals surface area contributed by atoms with E-state index in [2.05, 4.69) is 0 Å². The van der Waals surface area contributed by atoms with Gasteiger partial charge in [-0.3, -0.25) is 0 Å². The fourth-order valence-corrected chi connectivity index (χ4v) is 1.53. The first-order valence-electron chi connectivity index (χ1n) is 5.37. The Morgan fingerprint density at radius 3 is 2.35 bits per heavy atom. The van der Waals surface area contributed by atoms with Gasteiger partial charge in [-0.05, 0) is 30.7 Å². The Kier molecular flexibility index (Phi) is 3.19. The van der Waals surface area contributed by atoms with Crippen LogP contribution in [0.25, 0.3) is 0 Å². The van der Waals surface area contributed by atoms with Crippen LogP contribution >= 0.6 is 0 Å².